The lowest BCUT2D eigenvalue weighted by atomic mass is 10.1. The van der Waals surface area contributed by atoms with Crippen molar-refractivity contribution >= 4 is 6.72 Å². The molecule has 2 atom stereocenters. The molecule has 0 N–H and O–H groups in total. The Morgan fingerprint density at radius 2 is 2.36 bits per heavy atom. The van der Waals surface area contributed by atoms with E-state index in [0.29, 0.717) is 6.04 Å². The van der Waals surface area contributed by atoms with E-state index < -0.39 is 0 Å². The fourth-order valence-corrected chi connectivity index (χ4v) is 1.17. The first-order valence-electron chi connectivity index (χ1n) is 3.99. The van der Waals surface area contributed by atoms with Crippen LogP contribution in [0.15, 0.2) is 4.99 Å². The first-order chi connectivity index (χ1) is 5.19. The number of aliphatic imine (C=N–C) groups is 1. The second kappa shape index (κ2) is 3.06. The highest BCUT2D eigenvalue weighted by molar-refractivity contribution is 5.23. The molecule has 0 amide bonds. The minimum Gasteiger partial charge on any atom is -0.301 e. The first-order valence-corrected chi connectivity index (χ1v) is 3.99. The van der Waals surface area contributed by atoms with Gasteiger partial charge in [-0.1, -0.05) is 0 Å². The Kier molecular flexibility index (Phi) is 2.31. The lowest BCUT2D eigenvalue weighted by Gasteiger charge is -2.34. The van der Waals surface area contributed by atoms with Crippen molar-refractivity contribution in [3.05, 3.63) is 0 Å². The molecule has 0 aromatic heterocycles. The predicted molar refractivity (Wildman–Crippen MR) is 47.3 cm³/mol. The van der Waals surface area contributed by atoms with Gasteiger partial charge in [-0.15, -0.1) is 0 Å². The maximum atomic E-state index is 3.81. The molecule has 1 rings (SSSR count). The SMILES string of the molecule is C=NCCC[N+]1(C)C#C[C@H]1C. The van der Waals surface area contributed by atoms with Crippen LogP contribution in [-0.2, 0) is 0 Å². The van der Waals surface area contributed by atoms with Gasteiger partial charge in [0.05, 0.1) is 13.6 Å². The third-order valence-corrected chi connectivity index (χ3v) is 2.32. The number of quaternary nitrogens is 1. The van der Waals surface area contributed by atoms with Gasteiger partial charge in [-0.05, 0) is 6.72 Å². The van der Waals surface area contributed by atoms with Gasteiger partial charge in [-0.3, -0.25) is 0 Å². The monoisotopic (exact) mass is 151 g/mol. The maximum absolute atomic E-state index is 3.81. The van der Waals surface area contributed by atoms with Crippen LogP contribution in [0.4, 0.5) is 0 Å². The van der Waals surface area contributed by atoms with E-state index in [0.717, 1.165) is 24.0 Å². The van der Waals surface area contributed by atoms with Crippen molar-refractivity contribution in [2.45, 2.75) is 19.4 Å². The van der Waals surface area contributed by atoms with Crippen LogP contribution in [0.1, 0.15) is 13.3 Å². The third-order valence-electron chi connectivity index (χ3n) is 2.32. The molecule has 0 spiro atoms. The molecule has 1 aliphatic rings. The number of hydrogen-bond acceptors (Lipinski definition) is 1. The average Bonchev–Trinajstić information content (AvgIpc) is 2.02. The maximum Gasteiger partial charge on any atom is 0.165 e. The van der Waals surface area contributed by atoms with Gasteiger partial charge in [0.1, 0.15) is 6.04 Å². The van der Waals surface area contributed by atoms with E-state index in [-0.39, 0.29) is 0 Å². The molecule has 11 heavy (non-hydrogen) atoms. The van der Waals surface area contributed by atoms with E-state index in [1.165, 1.54) is 0 Å². The van der Waals surface area contributed by atoms with Crippen LogP contribution in [0.5, 0.6) is 0 Å². The summed E-state index contributed by atoms with van der Waals surface area (Å²) in [5.41, 5.74) is 0. The van der Waals surface area contributed by atoms with Crippen molar-refractivity contribution in [1.82, 2.24) is 0 Å². The van der Waals surface area contributed by atoms with Crippen molar-refractivity contribution in [2.75, 3.05) is 20.1 Å². The molecule has 60 valence electrons. The van der Waals surface area contributed by atoms with Crippen LogP contribution in [-0.4, -0.2) is 37.4 Å². The van der Waals surface area contributed by atoms with Gasteiger partial charge in [0, 0.05) is 25.8 Å². The summed E-state index contributed by atoms with van der Waals surface area (Å²) in [4.78, 5) is 3.81. The summed E-state index contributed by atoms with van der Waals surface area (Å²) in [6, 6.07) is 3.67. The molecule has 0 aromatic carbocycles. The quantitative estimate of drug-likeness (QED) is 0.245. The Balaban J connectivity index is 2.28. The normalized spacial score (nSPS) is 33.5. The Hall–Kier alpha value is -0.810. The molecule has 0 fully saturated rings. The highest BCUT2D eigenvalue weighted by Gasteiger charge is 2.32. The van der Waals surface area contributed by atoms with Gasteiger partial charge in [0.25, 0.3) is 0 Å². The van der Waals surface area contributed by atoms with Gasteiger partial charge in [0.2, 0.25) is 0 Å². The molecule has 1 unspecified atom stereocenters. The van der Waals surface area contributed by atoms with Crippen LogP contribution in [0.25, 0.3) is 0 Å². The summed E-state index contributed by atoms with van der Waals surface area (Å²) < 4.78 is 0.898. The minimum absolute atomic E-state index is 0.514. The zero-order chi connectivity index (χ0) is 8.32. The summed E-state index contributed by atoms with van der Waals surface area (Å²) in [6.45, 7) is 7.58. The van der Waals surface area contributed by atoms with Gasteiger partial charge in [0.15, 0.2) is 6.04 Å². The Morgan fingerprint density at radius 3 is 2.73 bits per heavy atom. The Bertz CT molecular complexity index is 211. The molecule has 0 aromatic rings. The lowest BCUT2D eigenvalue weighted by molar-refractivity contribution is -0.871. The molecule has 2 nitrogen and oxygen atoms in total. The molecular weight excluding hydrogens is 136 g/mol. The topological polar surface area (TPSA) is 12.4 Å². The Labute approximate surface area is 68.5 Å². The zero-order valence-electron chi connectivity index (χ0n) is 7.30. The minimum atomic E-state index is 0.514. The van der Waals surface area contributed by atoms with Crippen molar-refractivity contribution < 1.29 is 4.48 Å². The summed E-state index contributed by atoms with van der Waals surface area (Å²) in [5, 5.41) is 0. The first kappa shape index (κ1) is 8.29. The largest absolute Gasteiger partial charge is 0.301 e. The van der Waals surface area contributed by atoms with Crippen LogP contribution in [0.2, 0.25) is 0 Å². The van der Waals surface area contributed by atoms with Gasteiger partial charge in [-0.2, -0.15) is 0 Å². The molecule has 0 radical (unpaired) electrons. The highest BCUT2D eigenvalue weighted by atomic mass is 15.4. The second-order valence-corrected chi connectivity index (χ2v) is 3.22. The lowest BCUT2D eigenvalue weighted by Crippen LogP contribution is -2.52. The van der Waals surface area contributed by atoms with Gasteiger partial charge in [-0.25, -0.2) is 4.48 Å². The number of rotatable bonds is 4. The smallest absolute Gasteiger partial charge is 0.165 e. The van der Waals surface area contributed by atoms with E-state index in [2.05, 4.69) is 37.6 Å². The number of hydrogen-bond donors (Lipinski definition) is 0. The predicted octanol–water partition coefficient (Wildman–Crippen LogP) is 0.887. The van der Waals surface area contributed by atoms with E-state index in [1.807, 2.05) is 0 Å². The zero-order valence-corrected chi connectivity index (χ0v) is 7.30. The number of nitrogens with zero attached hydrogens (tertiary/aromatic N) is 2. The average molecular weight is 151 g/mol. The van der Waals surface area contributed by atoms with E-state index in [1.54, 1.807) is 0 Å². The Morgan fingerprint density at radius 1 is 1.64 bits per heavy atom. The molecule has 0 saturated carbocycles. The van der Waals surface area contributed by atoms with Gasteiger partial charge >= 0.3 is 0 Å². The molecule has 2 heteroatoms. The van der Waals surface area contributed by atoms with Crippen LogP contribution >= 0.6 is 0 Å². The molecule has 1 heterocycles. The van der Waals surface area contributed by atoms with Crippen LogP contribution < -0.4 is 0 Å². The molecule has 0 aliphatic carbocycles. The van der Waals surface area contributed by atoms with E-state index >= 15 is 0 Å². The van der Waals surface area contributed by atoms with Crippen molar-refractivity contribution in [2.24, 2.45) is 4.99 Å². The summed E-state index contributed by atoms with van der Waals surface area (Å²) in [6.07, 6.45) is 1.10. The fraction of sp³-hybridized carbons (Fsp3) is 0.667. The summed E-state index contributed by atoms with van der Waals surface area (Å²) in [5.74, 6) is 3.10. The molecule has 0 saturated heterocycles. The molecule has 1 aliphatic heterocycles. The molecule has 0 bridgehead atoms. The van der Waals surface area contributed by atoms with E-state index in [4.69, 9.17) is 0 Å². The summed E-state index contributed by atoms with van der Waals surface area (Å²) >= 11 is 0. The van der Waals surface area contributed by atoms with Crippen molar-refractivity contribution in [3.8, 4) is 12.0 Å². The van der Waals surface area contributed by atoms with Crippen molar-refractivity contribution in [1.29, 1.82) is 0 Å². The van der Waals surface area contributed by atoms with E-state index in [9.17, 15) is 0 Å². The van der Waals surface area contributed by atoms with Crippen LogP contribution in [0.3, 0.4) is 0 Å². The molecular formula is C9H15N2+. The second-order valence-electron chi connectivity index (χ2n) is 3.22. The third kappa shape index (κ3) is 1.61. The van der Waals surface area contributed by atoms with Gasteiger partial charge < -0.3 is 4.99 Å². The fourth-order valence-electron chi connectivity index (χ4n) is 1.17. The highest BCUT2D eigenvalue weighted by Crippen LogP contribution is 2.15. The van der Waals surface area contributed by atoms with Crippen LogP contribution in [0, 0.1) is 12.0 Å². The summed E-state index contributed by atoms with van der Waals surface area (Å²) in [7, 11) is 2.17. The van der Waals surface area contributed by atoms with Crippen molar-refractivity contribution in [3.63, 3.8) is 0 Å². The standard InChI is InChI=1S/C9H15N2/c1-9-5-8-11(9,3)7-4-6-10-2/h9H,2,4,6-7H2,1,3H3/q+1/t9-,11?/m1/s1.